The summed E-state index contributed by atoms with van der Waals surface area (Å²) in [5.74, 6) is 0. The molecule has 0 radical (unpaired) electrons. The topological polar surface area (TPSA) is 58.6 Å². The molecule has 0 atom stereocenters. The number of halogens is 1. The van der Waals surface area contributed by atoms with Crippen molar-refractivity contribution >= 4 is 18.5 Å². The molecule has 0 aliphatic heterocycles. The van der Waals surface area contributed by atoms with Gasteiger partial charge in [-0.25, -0.2) is 0 Å². The molecule has 0 aromatic heterocycles. The number of hydrogen-bond donors (Lipinski definition) is 2. The summed E-state index contributed by atoms with van der Waals surface area (Å²) in [6.45, 7) is -0.233. The smallest absolute Gasteiger partial charge is 0.186 e. The lowest BCUT2D eigenvalue weighted by molar-refractivity contribution is 0.330. The third kappa shape index (κ3) is 5.32. The molecule has 0 rings (SSSR count). The van der Waals surface area contributed by atoms with E-state index in [-0.39, 0.29) is 24.6 Å². The summed E-state index contributed by atoms with van der Waals surface area (Å²) in [5, 5.41) is 8.28. The highest BCUT2D eigenvalue weighted by atomic mass is 32.2. The summed E-state index contributed by atoms with van der Waals surface area (Å²) in [6.07, 6.45) is 2.50. The summed E-state index contributed by atoms with van der Waals surface area (Å²) in [7, 11) is 0. The molecule has 0 aliphatic carbocycles. The molecule has 0 fully saturated rings. The van der Waals surface area contributed by atoms with Crippen molar-refractivity contribution in [1.29, 1.82) is 0 Å². The van der Waals surface area contributed by atoms with Gasteiger partial charge in [-0.05, 0) is 6.08 Å². The van der Waals surface area contributed by atoms with Crippen molar-refractivity contribution in [3.05, 3.63) is 11.8 Å². The van der Waals surface area contributed by atoms with E-state index in [0.29, 0.717) is 0 Å². The van der Waals surface area contributed by atoms with Gasteiger partial charge in [-0.3, -0.25) is 0 Å². The SMILES string of the molecule is N/C(=C\C=N\SF)CO. The highest BCUT2D eigenvalue weighted by molar-refractivity contribution is 7.93. The van der Waals surface area contributed by atoms with Gasteiger partial charge in [0.2, 0.25) is 0 Å². The molecule has 0 amide bonds. The van der Waals surface area contributed by atoms with Gasteiger partial charge in [0, 0.05) is 11.9 Å². The van der Waals surface area contributed by atoms with Crippen LogP contribution in [0.3, 0.4) is 0 Å². The van der Waals surface area contributed by atoms with Crippen molar-refractivity contribution in [2.45, 2.75) is 0 Å². The van der Waals surface area contributed by atoms with Crippen LogP contribution in [0.15, 0.2) is 16.2 Å². The third-order valence-electron chi connectivity index (χ3n) is 0.572. The summed E-state index contributed by atoms with van der Waals surface area (Å²) < 4.78 is 14.3. The zero-order valence-corrected chi connectivity index (χ0v) is 5.44. The lowest BCUT2D eigenvalue weighted by Crippen LogP contribution is -2.01. The molecule has 0 bridgehead atoms. The molecule has 5 heteroatoms. The van der Waals surface area contributed by atoms with Crippen LogP contribution in [-0.2, 0) is 0 Å². The van der Waals surface area contributed by atoms with Gasteiger partial charge in [0.1, 0.15) is 0 Å². The molecule has 0 aliphatic rings. The van der Waals surface area contributed by atoms with E-state index in [1.165, 1.54) is 12.3 Å². The second-order valence-electron chi connectivity index (χ2n) is 1.22. The normalized spacial score (nSPS) is 12.9. The predicted molar refractivity (Wildman–Crippen MR) is 36.5 cm³/mol. The van der Waals surface area contributed by atoms with Gasteiger partial charge < -0.3 is 10.8 Å². The molecule has 0 spiro atoms. The number of aliphatic hydroxyl groups is 1. The van der Waals surface area contributed by atoms with E-state index in [9.17, 15) is 3.89 Å². The molecule has 0 aromatic rings. The van der Waals surface area contributed by atoms with E-state index in [2.05, 4.69) is 4.40 Å². The summed E-state index contributed by atoms with van der Waals surface area (Å²) >= 11 is -0.158. The minimum atomic E-state index is -0.233. The van der Waals surface area contributed by atoms with Gasteiger partial charge in [-0.15, -0.1) is 3.89 Å². The summed E-state index contributed by atoms with van der Waals surface area (Å²) in [5.41, 5.74) is 5.36. The molecule has 0 unspecified atom stereocenters. The highest BCUT2D eigenvalue weighted by Crippen LogP contribution is 1.98. The van der Waals surface area contributed by atoms with Crippen LogP contribution >= 0.6 is 12.3 Å². The summed E-state index contributed by atoms with van der Waals surface area (Å²) in [6, 6.07) is 0. The fraction of sp³-hybridized carbons (Fsp3) is 0.250. The number of rotatable bonds is 3. The quantitative estimate of drug-likeness (QED) is 0.453. The Balaban J connectivity index is 3.55. The van der Waals surface area contributed by atoms with Crippen molar-refractivity contribution in [3.63, 3.8) is 0 Å². The standard InChI is InChI=1S/C4H7FN2OS/c5-9-7-2-1-4(6)3-8/h1-2,8H,3,6H2/b4-1-,7-2+. The van der Waals surface area contributed by atoms with Crippen LogP contribution in [0.4, 0.5) is 3.89 Å². The molecule has 52 valence electrons. The van der Waals surface area contributed by atoms with Gasteiger partial charge in [-0.2, -0.15) is 4.40 Å². The first-order valence-electron chi connectivity index (χ1n) is 2.18. The third-order valence-corrected chi connectivity index (χ3v) is 0.773. The van der Waals surface area contributed by atoms with E-state index >= 15 is 0 Å². The van der Waals surface area contributed by atoms with Gasteiger partial charge in [0.05, 0.1) is 6.61 Å². The monoisotopic (exact) mass is 150 g/mol. The highest BCUT2D eigenvalue weighted by Gasteiger charge is 1.79. The van der Waals surface area contributed by atoms with Crippen LogP contribution in [-0.4, -0.2) is 17.9 Å². The van der Waals surface area contributed by atoms with Crippen LogP contribution < -0.4 is 5.73 Å². The lowest BCUT2D eigenvalue weighted by atomic mass is 10.4. The lowest BCUT2D eigenvalue weighted by Gasteiger charge is -1.87. The molecular weight excluding hydrogens is 143 g/mol. The second-order valence-corrected chi connectivity index (χ2v) is 1.57. The Morgan fingerprint density at radius 2 is 2.56 bits per heavy atom. The Hall–Kier alpha value is -0.550. The summed E-state index contributed by atoms with van der Waals surface area (Å²) in [4.78, 5) is 0. The van der Waals surface area contributed by atoms with Crippen LogP contribution in [0.1, 0.15) is 0 Å². The maximum Gasteiger partial charge on any atom is 0.186 e. The van der Waals surface area contributed by atoms with E-state index < -0.39 is 0 Å². The van der Waals surface area contributed by atoms with E-state index in [4.69, 9.17) is 10.8 Å². The van der Waals surface area contributed by atoms with E-state index in [1.54, 1.807) is 0 Å². The van der Waals surface area contributed by atoms with Gasteiger partial charge in [0.15, 0.2) is 12.3 Å². The van der Waals surface area contributed by atoms with Crippen LogP contribution in [0, 0.1) is 0 Å². The first kappa shape index (κ1) is 8.45. The Morgan fingerprint density at radius 1 is 1.89 bits per heavy atom. The molecule has 0 heterocycles. The predicted octanol–water partition coefficient (Wildman–Crippen LogP) is 0.425. The Kier molecular flexibility index (Phi) is 5.24. The fourth-order valence-electron chi connectivity index (χ4n) is 0.202. The Bertz CT molecular complexity index is 126. The van der Waals surface area contributed by atoms with Crippen molar-refractivity contribution in [1.82, 2.24) is 0 Å². The van der Waals surface area contributed by atoms with Crippen molar-refractivity contribution in [3.8, 4) is 0 Å². The van der Waals surface area contributed by atoms with Gasteiger partial charge in [-0.1, -0.05) is 0 Å². The van der Waals surface area contributed by atoms with Crippen molar-refractivity contribution in [2.75, 3.05) is 6.61 Å². The van der Waals surface area contributed by atoms with Crippen molar-refractivity contribution in [2.24, 2.45) is 10.1 Å². The van der Waals surface area contributed by atoms with Gasteiger partial charge in [0.25, 0.3) is 0 Å². The molecule has 0 aromatic carbocycles. The number of nitrogens with zero attached hydrogens (tertiary/aromatic N) is 1. The number of allylic oxidation sites excluding steroid dienone is 1. The molecular formula is C4H7FN2OS. The number of hydrogen-bond acceptors (Lipinski definition) is 4. The largest absolute Gasteiger partial charge is 0.400 e. The maximum absolute atomic E-state index is 11.1. The first-order chi connectivity index (χ1) is 4.31. The van der Waals surface area contributed by atoms with Crippen LogP contribution in [0.2, 0.25) is 0 Å². The minimum Gasteiger partial charge on any atom is -0.400 e. The Labute approximate surface area is 56.9 Å². The van der Waals surface area contributed by atoms with Crippen LogP contribution in [0.25, 0.3) is 0 Å². The molecule has 3 nitrogen and oxygen atoms in total. The number of nitrogens with two attached hydrogens (primary N) is 1. The average molecular weight is 150 g/mol. The fourth-order valence-corrected chi connectivity index (χ4v) is 0.309. The molecule has 9 heavy (non-hydrogen) atoms. The average Bonchev–Trinajstić information content (AvgIpc) is 1.89. The van der Waals surface area contributed by atoms with Crippen molar-refractivity contribution < 1.29 is 8.99 Å². The zero-order valence-electron chi connectivity index (χ0n) is 4.62. The van der Waals surface area contributed by atoms with Gasteiger partial charge >= 0.3 is 0 Å². The van der Waals surface area contributed by atoms with Crippen LogP contribution in [0.5, 0.6) is 0 Å². The zero-order chi connectivity index (χ0) is 7.11. The first-order valence-corrected chi connectivity index (χ1v) is 2.85. The number of aliphatic hydroxyl groups excluding tert-OH is 1. The molecule has 3 N–H and O–H groups in total. The maximum atomic E-state index is 11.1. The van der Waals surface area contributed by atoms with E-state index in [0.717, 1.165) is 0 Å². The minimum absolute atomic E-state index is 0.158. The molecule has 0 saturated heterocycles. The van der Waals surface area contributed by atoms with E-state index in [1.807, 2.05) is 0 Å². The second kappa shape index (κ2) is 5.58. The Morgan fingerprint density at radius 3 is 3.00 bits per heavy atom. The molecule has 0 saturated carbocycles.